The van der Waals surface area contributed by atoms with Gasteiger partial charge in [-0.2, -0.15) is 0 Å². The normalized spacial score (nSPS) is 12.1. The van der Waals surface area contributed by atoms with Crippen LogP contribution in [0.4, 0.5) is 0 Å². The first-order valence-corrected chi connectivity index (χ1v) is 4.65. The van der Waals surface area contributed by atoms with Crippen molar-refractivity contribution in [2.75, 3.05) is 13.7 Å². The third-order valence-corrected chi connectivity index (χ3v) is 1.94. The van der Waals surface area contributed by atoms with Gasteiger partial charge in [-0.15, -0.1) is 0 Å². The zero-order valence-corrected chi connectivity index (χ0v) is 8.90. The van der Waals surface area contributed by atoms with E-state index in [1.54, 1.807) is 24.3 Å². The molecule has 1 aromatic carbocycles. The number of carbonyl (C=O) groups is 1. The van der Waals surface area contributed by atoms with E-state index in [4.69, 9.17) is 26.2 Å². The van der Waals surface area contributed by atoms with Gasteiger partial charge < -0.3 is 14.6 Å². The highest BCUT2D eigenvalue weighted by Gasteiger charge is 2.18. The molecule has 0 radical (unpaired) electrons. The average molecular weight is 231 g/mol. The molecule has 82 valence electrons. The van der Waals surface area contributed by atoms with Gasteiger partial charge in [0.05, 0.1) is 6.61 Å². The Balaban J connectivity index is 2.65. The van der Waals surface area contributed by atoms with Gasteiger partial charge in [0.2, 0.25) is 6.10 Å². The summed E-state index contributed by atoms with van der Waals surface area (Å²) in [4.78, 5) is 10.7. The van der Waals surface area contributed by atoms with Gasteiger partial charge in [-0.3, -0.25) is 0 Å². The summed E-state index contributed by atoms with van der Waals surface area (Å²) >= 11 is 5.68. The SMILES string of the molecule is COCC(Oc1ccc(Cl)cc1)C(=O)O. The van der Waals surface area contributed by atoms with Crippen LogP contribution < -0.4 is 4.74 Å². The Hall–Kier alpha value is -1.26. The zero-order chi connectivity index (χ0) is 11.3. The molecule has 0 heterocycles. The summed E-state index contributed by atoms with van der Waals surface area (Å²) < 4.78 is 9.92. The number of benzene rings is 1. The van der Waals surface area contributed by atoms with Crippen LogP contribution in [-0.4, -0.2) is 30.9 Å². The van der Waals surface area contributed by atoms with Crippen molar-refractivity contribution in [3.63, 3.8) is 0 Å². The number of hydrogen-bond donors (Lipinski definition) is 1. The molecular weight excluding hydrogens is 220 g/mol. The molecular formula is C10H11ClO4. The van der Waals surface area contributed by atoms with Crippen LogP contribution in [0.2, 0.25) is 5.02 Å². The van der Waals surface area contributed by atoms with Gasteiger partial charge in [0.25, 0.3) is 0 Å². The van der Waals surface area contributed by atoms with E-state index < -0.39 is 12.1 Å². The summed E-state index contributed by atoms with van der Waals surface area (Å²) in [5.74, 6) is -0.615. The predicted octanol–water partition coefficient (Wildman–Crippen LogP) is 1.82. The Kier molecular flexibility index (Phi) is 4.39. The predicted molar refractivity (Wildman–Crippen MR) is 55.4 cm³/mol. The lowest BCUT2D eigenvalue weighted by molar-refractivity contribution is -0.147. The van der Waals surface area contributed by atoms with Gasteiger partial charge in [-0.05, 0) is 24.3 Å². The van der Waals surface area contributed by atoms with Crippen LogP contribution in [0.5, 0.6) is 5.75 Å². The molecule has 0 aromatic heterocycles. The molecule has 0 spiro atoms. The lowest BCUT2D eigenvalue weighted by Gasteiger charge is -2.13. The fraction of sp³-hybridized carbons (Fsp3) is 0.300. The van der Waals surface area contributed by atoms with Crippen molar-refractivity contribution in [2.24, 2.45) is 0 Å². The maximum atomic E-state index is 10.7. The van der Waals surface area contributed by atoms with Gasteiger partial charge in [-0.1, -0.05) is 11.6 Å². The fourth-order valence-electron chi connectivity index (χ4n) is 0.985. The Labute approximate surface area is 92.4 Å². The molecule has 0 bridgehead atoms. The van der Waals surface area contributed by atoms with Gasteiger partial charge >= 0.3 is 5.97 Å². The lowest BCUT2D eigenvalue weighted by Crippen LogP contribution is -2.31. The van der Waals surface area contributed by atoms with Crippen molar-refractivity contribution in [1.82, 2.24) is 0 Å². The van der Waals surface area contributed by atoms with E-state index in [9.17, 15) is 4.79 Å². The van der Waals surface area contributed by atoms with E-state index in [1.165, 1.54) is 7.11 Å². The quantitative estimate of drug-likeness (QED) is 0.838. The molecule has 1 aromatic rings. The maximum absolute atomic E-state index is 10.7. The first-order valence-electron chi connectivity index (χ1n) is 4.27. The van der Waals surface area contributed by atoms with Crippen LogP contribution in [-0.2, 0) is 9.53 Å². The Bertz CT molecular complexity index is 323. The molecule has 1 rings (SSSR count). The molecule has 0 aliphatic heterocycles. The summed E-state index contributed by atoms with van der Waals surface area (Å²) in [5.41, 5.74) is 0. The van der Waals surface area contributed by atoms with Crippen molar-refractivity contribution in [3.05, 3.63) is 29.3 Å². The smallest absolute Gasteiger partial charge is 0.347 e. The molecule has 0 saturated carbocycles. The summed E-state index contributed by atoms with van der Waals surface area (Å²) in [6.07, 6.45) is -1.00. The fourth-order valence-corrected chi connectivity index (χ4v) is 1.11. The molecule has 0 fully saturated rings. The van der Waals surface area contributed by atoms with Crippen LogP contribution in [0.25, 0.3) is 0 Å². The number of carboxylic acids is 1. The molecule has 0 amide bonds. The van der Waals surface area contributed by atoms with Crippen LogP contribution in [0.1, 0.15) is 0 Å². The second-order valence-corrected chi connectivity index (χ2v) is 3.29. The number of rotatable bonds is 5. The highest BCUT2D eigenvalue weighted by Crippen LogP contribution is 2.16. The molecule has 15 heavy (non-hydrogen) atoms. The van der Waals surface area contributed by atoms with Crippen molar-refractivity contribution in [3.8, 4) is 5.75 Å². The van der Waals surface area contributed by atoms with Crippen LogP contribution >= 0.6 is 11.6 Å². The number of methoxy groups -OCH3 is 1. The van der Waals surface area contributed by atoms with Gasteiger partial charge in [0.1, 0.15) is 5.75 Å². The highest BCUT2D eigenvalue weighted by atomic mass is 35.5. The second kappa shape index (κ2) is 5.58. The van der Waals surface area contributed by atoms with E-state index in [0.717, 1.165) is 0 Å². The molecule has 0 saturated heterocycles. The minimum Gasteiger partial charge on any atom is -0.478 e. The van der Waals surface area contributed by atoms with Crippen molar-refractivity contribution >= 4 is 17.6 Å². The summed E-state index contributed by atoms with van der Waals surface area (Å²) in [5, 5.41) is 9.36. The van der Waals surface area contributed by atoms with E-state index in [1.807, 2.05) is 0 Å². The summed E-state index contributed by atoms with van der Waals surface area (Å²) in [6, 6.07) is 6.47. The van der Waals surface area contributed by atoms with E-state index in [-0.39, 0.29) is 6.61 Å². The van der Waals surface area contributed by atoms with E-state index >= 15 is 0 Å². The third kappa shape index (κ3) is 3.77. The highest BCUT2D eigenvalue weighted by molar-refractivity contribution is 6.30. The first kappa shape index (κ1) is 11.8. The third-order valence-electron chi connectivity index (χ3n) is 1.69. The number of aliphatic carboxylic acids is 1. The van der Waals surface area contributed by atoms with Gasteiger partial charge in [-0.25, -0.2) is 4.79 Å². The number of ether oxygens (including phenoxy) is 2. The van der Waals surface area contributed by atoms with Crippen molar-refractivity contribution in [2.45, 2.75) is 6.10 Å². The molecule has 1 N–H and O–H groups in total. The standard InChI is InChI=1S/C10H11ClO4/c1-14-6-9(10(12)13)15-8-4-2-7(11)3-5-8/h2-5,9H,6H2,1H3,(H,12,13). The molecule has 1 atom stereocenters. The number of carboxylic acid groups (broad SMARTS) is 1. The van der Waals surface area contributed by atoms with Crippen LogP contribution in [0.15, 0.2) is 24.3 Å². The van der Waals surface area contributed by atoms with Gasteiger partial charge in [0, 0.05) is 12.1 Å². The summed E-state index contributed by atoms with van der Waals surface area (Å²) in [7, 11) is 1.42. The van der Waals surface area contributed by atoms with E-state index in [0.29, 0.717) is 10.8 Å². The lowest BCUT2D eigenvalue weighted by atomic mass is 10.3. The van der Waals surface area contributed by atoms with E-state index in [2.05, 4.69) is 0 Å². The second-order valence-electron chi connectivity index (χ2n) is 2.85. The molecule has 4 nitrogen and oxygen atoms in total. The maximum Gasteiger partial charge on any atom is 0.347 e. The minimum absolute atomic E-state index is 0.00202. The topological polar surface area (TPSA) is 55.8 Å². The average Bonchev–Trinajstić information content (AvgIpc) is 2.20. The largest absolute Gasteiger partial charge is 0.478 e. The first-order chi connectivity index (χ1) is 7.13. The Morgan fingerprint density at radius 2 is 2.07 bits per heavy atom. The minimum atomic E-state index is -1.06. The van der Waals surface area contributed by atoms with Crippen molar-refractivity contribution < 1.29 is 19.4 Å². The number of halogens is 1. The van der Waals surface area contributed by atoms with Crippen LogP contribution in [0, 0.1) is 0 Å². The van der Waals surface area contributed by atoms with Gasteiger partial charge in [0.15, 0.2) is 0 Å². The molecule has 5 heteroatoms. The van der Waals surface area contributed by atoms with Crippen molar-refractivity contribution in [1.29, 1.82) is 0 Å². The number of hydrogen-bond acceptors (Lipinski definition) is 3. The summed E-state index contributed by atoms with van der Waals surface area (Å²) in [6.45, 7) is -0.00202. The molecule has 0 aliphatic carbocycles. The Morgan fingerprint density at radius 1 is 1.47 bits per heavy atom. The zero-order valence-electron chi connectivity index (χ0n) is 8.14. The Morgan fingerprint density at radius 3 is 2.53 bits per heavy atom. The molecule has 1 unspecified atom stereocenters. The molecule has 0 aliphatic rings. The van der Waals surface area contributed by atoms with Crippen LogP contribution in [0.3, 0.4) is 0 Å². The monoisotopic (exact) mass is 230 g/mol.